The van der Waals surface area contributed by atoms with Crippen molar-refractivity contribution in [3.05, 3.63) is 89.4 Å². The second-order valence-electron chi connectivity index (χ2n) is 6.59. The molecule has 1 heterocycles. The van der Waals surface area contributed by atoms with E-state index in [2.05, 4.69) is 26.0 Å². The van der Waals surface area contributed by atoms with Gasteiger partial charge in [0.2, 0.25) is 11.7 Å². The highest BCUT2D eigenvalue weighted by Crippen LogP contribution is 2.26. The Hall–Kier alpha value is -3.71. The standard InChI is InChI=1S/C22H19ClN6O/c23-19-13-18(11-12-20(19)24-14-16-7-3-1-4-8-16)25-21(30)15-29-27-22(26-28-29)17-9-5-2-6-10-17/h1-13,24H,14-15H2,(H,25,30). The maximum absolute atomic E-state index is 12.3. The molecule has 1 amide bonds. The summed E-state index contributed by atoms with van der Waals surface area (Å²) < 4.78 is 0. The van der Waals surface area contributed by atoms with Gasteiger partial charge in [0.1, 0.15) is 6.54 Å². The van der Waals surface area contributed by atoms with Crippen LogP contribution in [0.2, 0.25) is 5.02 Å². The Morgan fingerprint density at radius 3 is 2.43 bits per heavy atom. The number of nitrogens with one attached hydrogen (secondary N) is 2. The average molecular weight is 419 g/mol. The van der Waals surface area contributed by atoms with Crippen LogP contribution in [0.25, 0.3) is 11.4 Å². The minimum Gasteiger partial charge on any atom is -0.380 e. The van der Waals surface area contributed by atoms with Crippen molar-refractivity contribution in [3.8, 4) is 11.4 Å². The molecule has 150 valence electrons. The molecular weight excluding hydrogens is 400 g/mol. The van der Waals surface area contributed by atoms with Crippen LogP contribution in [0, 0.1) is 0 Å². The Morgan fingerprint density at radius 2 is 1.70 bits per heavy atom. The molecule has 0 saturated carbocycles. The molecule has 8 heteroatoms. The van der Waals surface area contributed by atoms with E-state index in [4.69, 9.17) is 11.6 Å². The first-order valence-corrected chi connectivity index (χ1v) is 9.75. The van der Waals surface area contributed by atoms with Gasteiger partial charge in [-0.15, -0.1) is 10.2 Å². The van der Waals surface area contributed by atoms with Gasteiger partial charge in [0.05, 0.1) is 10.7 Å². The number of amides is 1. The lowest BCUT2D eigenvalue weighted by Gasteiger charge is -2.11. The molecule has 4 rings (SSSR count). The summed E-state index contributed by atoms with van der Waals surface area (Å²) in [5, 5.41) is 18.8. The number of anilines is 2. The smallest absolute Gasteiger partial charge is 0.248 e. The van der Waals surface area contributed by atoms with Gasteiger partial charge in [0, 0.05) is 17.8 Å². The summed E-state index contributed by atoms with van der Waals surface area (Å²) in [5.41, 5.74) is 3.39. The fraction of sp³-hybridized carbons (Fsp3) is 0.0909. The van der Waals surface area contributed by atoms with Crippen molar-refractivity contribution in [2.75, 3.05) is 10.6 Å². The molecule has 30 heavy (non-hydrogen) atoms. The fourth-order valence-electron chi connectivity index (χ4n) is 2.87. The van der Waals surface area contributed by atoms with Crippen LogP contribution >= 0.6 is 11.6 Å². The fourth-order valence-corrected chi connectivity index (χ4v) is 3.12. The van der Waals surface area contributed by atoms with Crippen molar-refractivity contribution in [1.82, 2.24) is 20.2 Å². The second kappa shape index (κ2) is 9.19. The topological polar surface area (TPSA) is 84.7 Å². The number of carbonyl (C=O) groups is 1. The Bertz CT molecular complexity index is 1130. The third-order valence-corrected chi connectivity index (χ3v) is 4.66. The van der Waals surface area contributed by atoms with E-state index in [1.165, 1.54) is 4.80 Å². The van der Waals surface area contributed by atoms with Gasteiger partial charge in [-0.3, -0.25) is 4.79 Å². The van der Waals surface area contributed by atoms with E-state index in [1.54, 1.807) is 12.1 Å². The van der Waals surface area contributed by atoms with Crippen molar-refractivity contribution >= 4 is 28.9 Å². The van der Waals surface area contributed by atoms with Crippen LogP contribution in [0.15, 0.2) is 78.9 Å². The molecule has 2 N–H and O–H groups in total. The molecule has 0 unspecified atom stereocenters. The van der Waals surface area contributed by atoms with Crippen LogP contribution in [0.1, 0.15) is 5.56 Å². The highest BCUT2D eigenvalue weighted by molar-refractivity contribution is 6.33. The summed E-state index contributed by atoms with van der Waals surface area (Å²) in [6.45, 7) is 0.611. The number of carbonyl (C=O) groups excluding carboxylic acids is 1. The first-order chi connectivity index (χ1) is 14.7. The zero-order chi connectivity index (χ0) is 20.8. The van der Waals surface area contributed by atoms with Gasteiger partial charge in [-0.1, -0.05) is 72.3 Å². The van der Waals surface area contributed by atoms with E-state index < -0.39 is 0 Å². The number of halogens is 1. The van der Waals surface area contributed by atoms with Crippen LogP contribution < -0.4 is 10.6 Å². The summed E-state index contributed by atoms with van der Waals surface area (Å²) in [5.74, 6) is 0.202. The minimum absolute atomic E-state index is 0.0501. The Kier molecular flexibility index (Phi) is 6.01. The molecule has 0 aliphatic carbocycles. The number of hydrogen-bond donors (Lipinski definition) is 2. The highest BCUT2D eigenvalue weighted by atomic mass is 35.5. The first kappa shape index (κ1) is 19.6. The number of hydrogen-bond acceptors (Lipinski definition) is 5. The van der Waals surface area contributed by atoms with E-state index in [9.17, 15) is 4.79 Å². The molecule has 1 aromatic heterocycles. The summed E-state index contributed by atoms with van der Waals surface area (Å²) >= 11 is 6.36. The van der Waals surface area contributed by atoms with Gasteiger partial charge in [0.15, 0.2) is 0 Å². The largest absolute Gasteiger partial charge is 0.380 e. The molecule has 0 radical (unpaired) electrons. The first-order valence-electron chi connectivity index (χ1n) is 9.38. The monoisotopic (exact) mass is 418 g/mol. The van der Waals surface area contributed by atoms with Gasteiger partial charge in [0.25, 0.3) is 0 Å². The van der Waals surface area contributed by atoms with Crippen LogP contribution in [-0.4, -0.2) is 26.1 Å². The third kappa shape index (κ3) is 5.01. The number of benzene rings is 3. The van der Waals surface area contributed by atoms with Crippen LogP contribution in [-0.2, 0) is 17.9 Å². The van der Waals surface area contributed by atoms with E-state index in [0.717, 1.165) is 16.8 Å². The maximum atomic E-state index is 12.3. The van der Waals surface area contributed by atoms with Crippen molar-refractivity contribution in [3.63, 3.8) is 0 Å². The molecule has 7 nitrogen and oxygen atoms in total. The van der Waals surface area contributed by atoms with Crippen LogP contribution in [0.3, 0.4) is 0 Å². The Morgan fingerprint density at radius 1 is 0.967 bits per heavy atom. The molecular formula is C22H19ClN6O. The summed E-state index contributed by atoms with van der Waals surface area (Å²) in [7, 11) is 0. The van der Waals surface area contributed by atoms with Crippen molar-refractivity contribution in [2.24, 2.45) is 0 Å². The Balaban J connectivity index is 1.34. The number of aromatic nitrogens is 4. The molecule has 0 aliphatic heterocycles. The quantitative estimate of drug-likeness (QED) is 0.468. The molecule has 3 aromatic carbocycles. The molecule has 0 spiro atoms. The summed E-state index contributed by atoms with van der Waals surface area (Å²) in [4.78, 5) is 13.6. The lowest BCUT2D eigenvalue weighted by Crippen LogP contribution is -2.20. The summed E-state index contributed by atoms with van der Waals surface area (Å²) in [6, 6.07) is 24.8. The van der Waals surface area contributed by atoms with E-state index >= 15 is 0 Å². The molecule has 0 bridgehead atoms. The van der Waals surface area contributed by atoms with Gasteiger partial charge in [-0.2, -0.15) is 4.80 Å². The van der Waals surface area contributed by atoms with Crippen molar-refractivity contribution < 1.29 is 4.79 Å². The molecule has 0 aliphatic rings. The number of rotatable bonds is 7. The van der Waals surface area contributed by atoms with Gasteiger partial charge in [-0.05, 0) is 29.0 Å². The van der Waals surface area contributed by atoms with E-state index in [-0.39, 0.29) is 12.5 Å². The van der Waals surface area contributed by atoms with E-state index in [1.807, 2.05) is 66.7 Å². The van der Waals surface area contributed by atoms with Crippen molar-refractivity contribution in [1.29, 1.82) is 0 Å². The number of nitrogens with zero attached hydrogens (tertiary/aromatic N) is 4. The Labute approximate surface area is 178 Å². The van der Waals surface area contributed by atoms with E-state index in [0.29, 0.717) is 23.1 Å². The van der Waals surface area contributed by atoms with Gasteiger partial charge in [-0.25, -0.2) is 0 Å². The zero-order valence-electron chi connectivity index (χ0n) is 16.0. The zero-order valence-corrected chi connectivity index (χ0v) is 16.8. The number of tetrazole rings is 1. The predicted molar refractivity (Wildman–Crippen MR) is 117 cm³/mol. The van der Waals surface area contributed by atoms with Crippen molar-refractivity contribution in [2.45, 2.75) is 13.1 Å². The third-order valence-electron chi connectivity index (χ3n) is 4.35. The molecule has 0 saturated heterocycles. The van der Waals surface area contributed by atoms with Crippen LogP contribution in [0.5, 0.6) is 0 Å². The maximum Gasteiger partial charge on any atom is 0.248 e. The van der Waals surface area contributed by atoms with Crippen LogP contribution in [0.4, 0.5) is 11.4 Å². The SMILES string of the molecule is O=C(Cn1nnc(-c2ccccc2)n1)Nc1ccc(NCc2ccccc2)c(Cl)c1. The van der Waals surface area contributed by atoms with Gasteiger partial charge >= 0.3 is 0 Å². The van der Waals surface area contributed by atoms with Gasteiger partial charge < -0.3 is 10.6 Å². The molecule has 0 atom stereocenters. The normalized spacial score (nSPS) is 10.6. The summed E-state index contributed by atoms with van der Waals surface area (Å²) in [6.07, 6.45) is 0. The lowest BCUT2D eigenvalue weighted by molar-refractivity contribution is -0.117. The minimum atomic E-state index is -0.270. The lowest BCUT2D eigenvalue weighted by atomic mass is 10.2. The molecule has 0 fully saturated rings. The second-order valence-corrected chi connectivity index (χ2v) is 7.00. The average Bonchev–Trinajstić information content (AvgIpc) is 3.23. The molecule has 4 aromatic rings. The predicted octanol–water partition coefficient (Wildman–Crippen LogP) is 4.24. The highest BCUT2D eigenvalue weighted by Gasteiger charge is 2.10.